The molecule has 0 unspecified atom stereocenters. The number of halogens is 1. The van der Waals surface area contributed by atoms with Crippen LogP contribution in [0.15, 0.2) is 24.4 Å². The quantitative estimate of drug-likeness (QED) is 0.727. The number of alkyl halides is 1. The van der Waals surface area contributed by atoms with Gasteiger partial charge in [-0.2, -0.15) is 0 Å². The summed E-state index contributed by atoms with van der Waals surface area (Å²) >= 11 is 0. The van der Waals surface area contributed by atoms with Crippen LogP contribution in [0.4, 0.5) is 4.39 Å². The van der Waals surface area contributed by atoms with E-state index in [-0.39, 0.29) is 5.91 Å². The number of hydrogen-bond acceptors (Lipinski definition) is 2. The summed E-state index contributed by atoms with van der Waals surface area (Å²) < 4.78 is 14.5. The van der Waals surface area contributed by atoms with Crippen molar-refractivity contribution in [1.29, 1.82) is 0 Å². The lowest BCUT2D eigenvalue weighted by atomic mass is 9.89. The normalized spacial score (nSPS) is 19.5. The fourth-order valence-electron chi connectivity index (χ4n) is 2.06. The third kappa shape index (κ3) is 2.05. The Labute approximate surface area is 94.3 Å². The maximum Gasteiger partial charge on any atom is 0.219 e. The van der Waals surface area contributed by atoms with Crippen LogP contribution in [-0.4, -0.2) is 28.9 Å². The molecule has 0 N–H and O–H groups in total. The Bertz CT molecular complexity index is 372. The molecule has 2 heterocycles. The van der Waals surface area contributed by atoms with Crippen LogP contribution in [0.1, 0.15) is 25.5 Å². The van der Waals surface area contributed by atoms with Gasteiger partial charge in [0.05, 0.1) is 5.69 Å². The zero-order valence-electron chi connectivity index (χ0n) is 9.32. The van der Waals surface area contributed by atoms with Gasteiger partial charge in [-0.15, -0.1) is 0 Å². The molecular formula is C12H15FN2O. The van der Waals surface area contributed by atoms with Crippen LogP contribution < -0.4 is 0 Å². The second-order valence-corrected chi connectivity index (χ2v) is 4.19. The molecular weight excluding hydrogens is 207 g/mol. The highest BCUT2D eigenvalue weighted by Gasteiger charge is 2.37. The zero-order chi connectivity index (χ0) is 11.6. The number of carbonyl (C=O) groups excluding carboxylic acids is 1. The first-order valence-corrected chi connectivity index (χ1v) is 5.48. The van der Waals surface area contributed by atoms with Gasteiger partial charge in [0.25, 0.3) is 0 Å². The molecule has 16 heavy (non-hydrogen) atoms. The smallest absolute Gasteiger partial charge is 0.219 e. The van der Waals surface area contributed by atoms with Crippen molar-refractivity contribution in [2.75, 3.05) is 13.1 Å². The van der Waals surface area contributed by atoms with Crippen molar-refractivity contribution in [3.8, 4) is 0 Å². The number of piperidine rings is 1. The zero-order valence-corrected chi connectivity index (χ0v) is 9.32. The molecule has 86 valence electrons. The molecule has 0 aliphatic carbocycles. The SMILES string of the molecule is CC(=O)N1CCC(F)(c2ccccn2)CC1. The second kappa shape index (κ2) is 4.20. The Morgan fingerprint density at radius 2 is 2.12 bits per heavy atom. The van der Waals surface area contributed by atoms with Crippen LogP contribution in [0.3, 0.4) is 0 Å². The standard InChI is InChI=1S/C12H15FN2O/c1-10(16)15-8-5-12(13,6-9-15)11-4-2-3-7-14-11/h2-4,7H,5-6,8-9H2,1H3. The molecule has 1 fully saturated rings. The first-order chi connectivity index (χ1) is 7.62. The molecule has 1 amide bonds. The van der Waals surface area contributed by atoms with Gasteiger partial charge in [-0.3, -0.25) is 9.78 Å². The van der Waals surface area contributed by atoms with Crippen LogP contribution in [0.5, 0.6) is 0 Å². The van der Waals surface area contributed by atoms with E-state index >= 15 is 0 Å². The number of hydrogen-bond donors (Lipinski definition) is 0. The Morgan fingerprint density at radius 3 is 2.62 bits per heavy atom. The third-order valence-corrected chi connectivity index (χ3v) is 3.13. The van der Waals surface area contributed by atoms with Crippen LogP contribution in [0, 0.1) is 0 Å². The fourth-order valence-corrected chi connectivity index (χ4v) is 2.06. The first kappa shape index (κ1) is 11.0. The summed E-state index contributed by atoms with van der Waals surface area (Å²) in [6, 6.07) is 5.28. The summed E-state index contributed by atoms with van der Waals surface area (Å²) in [5, 5.41) is 0. The van der Waals surface area contributed by atoms with Gasteiger partial charge >= 0.3 is 0 Å². The molecule has 1 aromatic rings. The van der Waals surface area contributed by atoms with Gasteiger partial charge in [0.15, 0.2) is 5.67 Å². The van der Waals surface area contributed by atoms with E-state index in [2.05, 4.69) is 4.98 Å². The highest BCUT2D eigenvalue weighted by Crippen LogP contribution is 2.35. The Morgan fingerprint density at radius 1 is 1.44 bits per heavy atom. The van der Waals surface area contributed by atoms with Crippen molar-refractivity contribution in [2.45, 2.75) is 25.4 Å². The predicted molar refractivity (Wildman–Crippen MR) is 58.5 cm³/mol. The molecule has 1 aliphatic rings. The molecule has 3 nitrogen and oxygen atoms in total. The Balaban J connectivity index is 2.10. The minimum absolute atomic E-state index is 0.0167. The van der Waals surface area contributed by atoms with Crippen molar-refractivity contribution < 1.29 is 9.18 Å². The third-order valence-electron chi connectivity index (χ3n) is 3.13. The number of aromatic nitrogens is 1. The van der Waals surface area contributed by atoms with Crippen molar-refractivity contribution in [3.63, 3.8) is 0 Å². The van der Waals surface area contributed by atoms with Crippen molar-refractivity contribution >= 4 is 5.91 Å². The van der Waals surface area contributed by atoms with Crippen molar-refractivity contribution in [2.24, 2.45) is 0 Å². The monoisotopic (exact) mass is 222 g/mol. The molecule has 0 radical (unpaired) electrons. The molecule has 0 saturated carbocycles. The highest BCUT2D eigenvalue weighted by atomic mass is 19.1. The molecule has 2 rings (SSSR count). The maximum atomic E-state index is 14.5. The van der Waals surface area contributed by atoms with E-state index in [9.17, 15) is 9.18 Å². The van der Waals surface area contributed by atoms with Crippen LogP contribution in [-0.2, 0) is 10.5 Å². The first-order valence-electron chi connectivity index (χ1n) is 5.48. The number of likely N-dealkylation sites (tertiary alicyclic amines) is 1. The van der Waals surface area contributed by atoms with E-state index in [0.717, 1.165) is 0 Å². The lowest BCUT2D eigenvalue weighted by molar-refractivity contribution is -0.131. The molecule has 1 aromatic heterocycles. The predicted octanol–water partition coefficient (Wildman–Crippen LogP) is 1.89. The Hall–Kier alpha value is -1.45. The molecule has 4 heteroatoms. The summed E-state index contributed by atoms with van der Waals surface area (Å²) in [5.74, 6) is 0.0167. The van der Waals surface area contributed by atoms with E-state index in [1.165, 1.54) is 6.92 Å². The van der Waals surface area contributed by atoms with E-state index in [4.69, 9.17) is 0 Å². The molecule has 0 atom stereocenters. The average Bonchev–Trinajstić information content (AvgIpc) is 2.31. The minimum atomic E-state index is -1.37. The van der Waals surface area contributed by atoms with Crippen LogP contribution in [0.25, 0.3) is 0 Å². The van der Waals surface area contributed by atoms with Gasteiger partial charge in [0.1, 0.15) is 0 Å². The topological polar surface area (TPSA) is 33.2 Å². The molecule has 1 aliphatic heterocycles. The number of carbonyl (C=O) groups is 1. The van der Waals surface area contributed by atoms with Gasteiger partial charge in [-0.25, -0.2) is 4.39 Å². The van der Waals surface area contributed by atoms with Gasteiger partial charge < -0.3 is 4.90 Å². The van der Waals surface area contributed by atoms with Gasteiger partial charge in [-0.05, 0) is 12.1 Å². The largest absolute Gasteiger partial charge is 0.343 e. The van der Waals surface area contributed by atoms with Crippen LogP contribution in [0.2, 0.25) is 0 Å². The number of nitrogens with zero attached hydrogens (tertiary/aromatic N) is 2. The van der Waals surface area contributed by atoms with E-state index in [0.29, 0.717) is 31.6 Å². The fraction of sp³-hybridized carbons (Fsp3) is 0.500. The molecule has 0 aromatic carbocycles. The van der Waals surface area contributed by atoms with E-state index < -0.39 is 5.67 Å². The summed E-state index contributed by atoms with van der Waals surface area (Å²) in [6.45, 7) is 2.47. The van der Waals surface area contributed by atoms with Crippen LogP contribution >= 0.6 is 0 Å². The summed E-state index contributed by atoms with van der Waals surface area (Å²) in [7, 11) is 0. The summed E-state index contributed by atoms with van der Waals surface area (Å²) in [4.78, 5) is 16.9. The van der Waals surface area contributed by atoms with Gasteiger partial charge in [0.2, 0.25) is 5.91 Å². The number of pyridine rings is 1. The second-order valence-electron chi connectivity index (χ2n) is 4.19. The van der Waals surface area contributed by atoms with E-state index in [1.807, 2.05) is 0 Å². The number of amides is 1. The van der Waals surface area contributed by atoms with Crippen molar-refractivity contribution in [1.82, 2.24) is 9.88 Å². The van der Waals surface area contributed by atoms with Gasteiger partial charge in [0, 0.05) is 39.1 Å². The average molecular weight is 222 g/mol. The van der Waals surface area contributed by atoms with E-state index in [1.54, 1.807) is 29.3 Å². The molecule has 0 spiro atoms. The number of rotatable bonds is 1. The maximum absolute atomic E-state index is 14.5. The lowest BCUT2D eigenvalue weighted by Crippen LogP contribution is -2.42. The lowest BCUT2D eigenvalue weighted by Gasteiger charge is -2.35. The molecule has 0 bridgehead atoms. The Kier molecular flexibility index (Phi) is 2.90. The highest BCUT2D eigenvalue weighted by molar-refractivity contribution is 5.73. The molecule has 1 saturated heterocycles. The summed E-state index contributed by atoms with van der Waals surface area (Å²) in [5.41, 5.74) is -0.883. The summed E-state index contributed by atoms with van der Waals surface area (Å²) in [6.07, 6.45) is 2.28. The minimum Gasteiger partial charge on any atom is -0.343 e. The van der Waals surface area contributed by atoms with Gasteiger partial charge in [-0.1, -0.05) is 6.07 Å². The van der Waals surface area contributed by atoms with Crippen molar-refractivity contribution in [3.05, 3.63) is 30.1 Å².